The molecule has 0 N–H and O–H groups in total. The number of aromatic nitrogens is 8. The van der Waals surface area contributed by atoms with Gasteiger partial charge in [0.15, 0.2) is 0 Å². The van der Waals surface area contributed by atoms with E-state index >= 15 is 0 Å². The van der Waals surface area contributed by atoms with Crippen LogP contribution < -0.4 is 0 Å². The number of hydrogen-bond donors (Lipinski definition) is 0. The van der Waals surface area contributed by atoms with Crippen molar-refractivity contribution in [3.63, 3.8) is 0 Å². The molecule has 8 heteroatoms. The molecule has 0 atom stereocenters. The van der Waals surface area contributed by atoms with Crippen molar-refractivity contribution >= 4 is 0 Å². The van der Waals surface area contributed by atoms with Gasteiger partial charge in [0.1, 0.15) is 0 Å². The molecule has 0 radical (unpaired) electrons. The van der Waals surface area contributed by atoms with Gasteiger partial charge in [-0.3, -0.25) is 0 Å². The first kappa shape index (κ1) is 8.65. The molecule has 3 aromatic rings. The van der Waals surface area contributed by atoms with Gasteiger partial charge in [-0.25, -0.2) is 9.36 Å². The van der Waals surface area contributed by atoms with Crippen molar-refractivity contribution < 1.29 is 0 Å². The van der Waals surface area contributed by atoms with Crippen LogP contribution in [0.25, 0.3) is 11.9 Å². The van der Waals surface area contributed by atoms with Gasteiger partial charge in [-0.05, 0) is 12.1 Å². The van der Waals surface area contributed by atoms with Crippen molar-refractivity contribution in [1.82, 2.24) is 40.0 Å². The smallest absolute Gasteiger partial charge is 0.204 e. The number of rotatable bonds is 2. The van der Waals surface area contributed by atoms with Gasteiger partial charge in [0.25, 0.3) is 11.9 Å². The van der Waals surface area contributed by atoms with E-state index < -0.39 is 0 Å². The first-order chi connectivity index (χ1) is 7.93. The summed E-state index contributed by atoms with van der Waals surface area (Å²) in [6, 6.07) is 3.54. The fraction of sp³-hybridized carbons (Fsp3) is 0. The summed E-state index contributed by atoms with van der Waals surface area (Å²) < 4.78 is 2.96. The summed E-state index contributed by atoms with van der Waals surface area (Å²) >= 11 is 0. The summed E-state index contributed by atoms with van der Waals surface area (Å²) in [5.74, 6) is 0.641. The average Bonchev–Trinajstić information content (AvgIpc) is 3.03. The maximum absolute atomic E-state index is 3.97. The van der Waals surface area contributed by atoms with Gasteiger partial charge in [-0.1, -0.05) is 0 Å². The highest BCUT2D eigenvalue weighted by molar-refractivity contribution is 5.08. The van der Waals surface area contributed by atoms with E-state index in [1.54, 1.807) is 36.9 Å². The molecule has 0 bridgehead atoms. The summed E-state index contributed by atoms with van der Waals surface area (Å²) in [6.07, 6.45) is 6.69. The molecular formula is C8H6N8. The molecule has 0 saturated heterocycles. The Morgan fingerprint density at radius 1 is 0.688 bits per heavy atom. The second-order valence-corrected chi connectivity index (χ2v) is 2.90. The van der Waals surface area contributed by atoms with Gasteiger partial charge >= 0.3 is 0 Å². The van der Waals surface area contributed by atoms with Gasteiger partial charge in [0.05, 0.1) is 0 Å². The van der Waals surface area contributed by atoms with Crippen LogP contribution in [-0.2, 0) is 0 Å². The lowest BCUT2D eigenvalue weighted by molar-refractivity contribution is 0.680. The van der Waals surface area contributed by atoms with Crippen LogP contribution in [0.3, 0.4) is 0 Å². The van der Waals surface area contributed by atoms with E-state index in [1.165, 1.54) is 9.36 Å². The van der Waals surface area contributed by atoms with E-state index in [1.807, 2.05) is 0 Å². The lowest BCUT2D eigenvalue weighted by atomic mass is 10.7. The average molecular weight is 214 g/mol. The monoisotopic (exact) mass is 214 g/mol. The Morgan fingerprint density at radius 3 is 1.44 bits per heavy atom. The molecule has 3 heterocycles. The van der Waals surface area contributed by atoms with E-state index in [2.05, 4.69) is 30.6 Å². The molecule has 3 rings (SSSR count). The van der Waals surface area contributed by atoms with Crippen molar-refractivity contribution in [3.8, 4) is 11.9 Å². The third-order valence-electron chi connectivity index (χ3n) is 1.88. The van der Waals surface area contributed by atoms with E-state index in [0.717, 1.165) is 0 Å². The maximum Gasteiger partial charge on any atom is 0.289 e. The van der Waals surface area contributed by atoms with Gasteiger partial charge in [0.2, 0.25) is 0 Å². The lowest BCUT2D eigenvalue weighted by Crippen LogP contribution is -2.10. The van der Waals surface area contributed by atoms with Crippen LogP contribution in [0.4, 0.5) is 0 Å². The van der Waals surface area contributed by atoms with Gasteiger partial charge in [0, 0.05) is 24.8 Å². The van der Waals surface area contributed by atoms with Crippen molar-refractivity contribution in [3.05, 3.63) is 36.9 Å². The zero-order valence-electron chi connectivity index (χ0n) is 8.04. The predicted molar refractivity (Wildman–Crippen MR) is 51.9 cm³/mol. The van der Waals surface area contributed by atoms with Gasteiger partial charge in [-0.15, -0.1) is 20.4 Å². The van der Waals surface area contributed by atoms with E-state index in [4.69, 9.17) is 0 Å². The van der Waals surface area contributed by atoms with Crippen LogP contribution in [0, 0.1) is 0 Å². The predicted octanol–water partition coefficient (Wildman–Crippen LogP) is -0.362. The zero-order chi connectivity index (χ0) is 10.8. The fourth-order valence-corrected chi connectivity index (χ4v) is 1.18. The molecule has 0 aliphatic rings. The summed E-state index contributed by atoms with van der Waals surface area (Å²) in [5.41, 5.74) is 0. The normalized spacial score (nSPS) is 10.5. The van der Waals surface area contributed by atoms with E-state index in [9.17, 15) is 0 Å². The molecule has 8 nitrogen and oxygen atoms in total. The van der Waals surface area contributed by atoms with Crippen LogP contribution in [-0.4, -0.2) is 40.0 Å². The zero-order valence-corrected chi connectivity index (χ0v) is 8.04. The lowest BCUT2D eigenvalue weighted by Gasteiger charge is -1.98. The highest BCUT2D eigenvalue weighted by Gasteiger charge is 2.04. The third kappa shape index (κ3) is 1.41. The molecule has 0 aliphatic heterocycles. The molecule has 0 unspecified atom stereocenters. The first-order valence-corrected chi connectivity index (χ1v) is 4.51. The molecule has 0 fully saturated rings. The van der Waals surface area contributed by atoms with Crippen molar-refractivity contribution in [2.45, 2.75) is 0 Å². The number of hydrogen-bond acceptors (Lipinski definition) is 6. The van der Waals surface area contributed by atoms with Crippen LogP contribution in [0.5, 0.6) is 0 Å². The Morgan fingerprint density at radius 2 is 1.12 bits per heavy atom. The summed E-state index contributed by atoms with van der Waals surface area (Å²) in [5, 5.41) is 23.5. The Balaban J connectivity index is 1.97. The van der Waals surface area contributed by atoms with Gasteiger partial charge in [-0.2, -0.15) is 10.2 Å². The summed E-state index contributed by atoms with van der Waals surface area (Å²) in [4.78, 5) is 0. The first-order valence-electron chi connectivity index (χ1n) is 4.51. The molecule has 0 aromatic carbocycles. The molecule has 0 spiro atoms. The Kier molecular flexibility index (Phi) is 1.89. The standard InChI is InChI=1S/C8H6N8/c1-3-9-15(5-1)7-11-13-8(14-12-7)16-6-2-4-10-16/h1-6H. The molecule has 78 valence electrons. The molecule has 0 saturated carbocycles. The largest absolute Gasteiger partial charge is 0.289 e. The molecule has 16 heavy (non-hydrogen) atoms. The second-order valence-electron chi connectivity index (χ2n) is 2.90. The van der Waals surface area contributed by atoms with Crippen molar-refractivity contribution in [2.75, 3.05) is 0 Å². The highest BCUT2D eigenvalue weighted by Crippen LogP contribution is 1.97. The van der Waals surface area contributed by atoms with Crippen molar-refractivity contribution in [1.29, 1.82) is 0 Å². The fourth-order valence-electron chi connectivity index (χ4n) is 1.18. The van der Waals surface area contributed by atoms with Crippen molar-refractivity contribution in [2.24, 2.45) is 0 Å². The quantitative estimate of drug-likeness (QED) is 0.578. The molecule has 0 aliphatic carbocycles. The van der Waals surface area contributed by atoms with Crippen LogP contribution >= 0.6 is 0 Å². The number of nitrogens with zero attached hydrogens (tertiary/aromatic N) is 8. The molecular weight excluding hydrogens is 208 g/mol. The van der Waals surface area contributed by atoms with Gasteiger partial charge < -0.3 is 0 Å². The minimum absolute atomic E-state index is 0.320. The minimum Gasteiger partial charge on any atom is -0.204 e. The Labute approximate surface area is 89.6 Å². The molecule has 3 aromatic heterocycles. The van der Waals surface area contributed by atoms with Crippen LogP contribution in [0.2, 0.25) is 0 Å². The van der Waals surface area contributed by atoms with E-state index in [0.29, 0.717) is 11.9 Å². The summed E-state index contributed by atoms with van der Waals surface area (Å²) in [6.45, 7) is 0. The Bertz CT molecular complexity index is 499. The third-order valence-corrected chi connectivity index (χ3v) is 1.88. The SMILES string of the molecule is c1cnn(-c2nnc(-n3cccn3)nn2)c1. The maximum atomic E-state index is 3.97. The minimum atomic E-state index is 0.320. The second kappa shape index (κ2) is 3.50. The van der Waals surface area contributed by atoms with Crippen LogP contribution in [0.15, 0.2) is 36.9 Å². The summed E-state index contributed by atoms with van der Waals surface area (Å²) in [7, 11) is 0. The molecule has 0 amide bonds. The van der Waals surface area contributed by atoms with E-state index in [-0.39, 0.29) is 0 Å². The Hall–Kier alpha value is -2.64. The van der Waals surface area contributed by atoms with Crippen LogP contribution in [0.1, 0.15) is 0 Å². The highest BCUT2D eigenvalue weighted by atomic mass is 15.5. The topological polar surface area (TPSA) is 87.2 Å².